The van der Waals surface area contributed by atoms with Gasteiger partial charge in [-0.25, -0.2) is 22.0 Å². The van der Waals surface area contributed by atoms with Crippen molar-refractivity contribution in [2.24, 2.45) is 0 Å². The van der Waals surface area contributed by atoms with Gasteiger partial charge in [0.15, 0.2) is 6.10 Å². The summed E-state index contributed by atoms with van der Waals surface area (Å²) in [7, 11) is -3.69. The third kappa shape index (κ3) is 6.10. The van der Waals surface area contributed by atoms with E-state index in [-0.39, 0.29) is 25.2 Å². The first-order valence-corrected chi connectivity index (χ1v) is 13.5. The van der Waals surface area contributed by atoms with Crippen LogP contribution in [0.2, 0.25) is 0 Å². The van der Waals surface area contributed by atoms with Gasteiger partial charge in [0.1, 0.15) is 23.3 Å². The van der Waals surface area contributed by atoms with Gasteiger partial charge in [0.25, 0.3) is 10.0 Å². The summed E-state index contributed by atoms with van der Waals surface area (Å²) in [6.45, 7) is 4.59. The van der Waals surface area contributed by atoms with E-state index in [0.29, 0.717) is 5.56 Å². The Morgan fingerprint density at radius 3 is 2.45 bits per heavy atom. The fourth-order valence-corrected chi connectivity index (χ4v) is 5.23. The number of hydrogen-bond donors (Lipinski definition) is 1. The Hall–Kier alpha value is -2.78. The molecule has 2 aliphatic rings. The van der Waals surface area contributed by atoms with E-state index in [1.165, 1.54) is 11.1 Å². The second-order valence-corrected chi connectivity index (χ2v) is 12.2. The predicted octanol–water partition coefficient (Wildman–Crippen LogP) is 3.64. The van der Waals surface area contributed by atoms with Crippen molar-refractivity contribution in [3.8, 4) is 0 Å². The fourth-order valence-electron chi connectivity index (χ4n) is 4.66. The maximum atomic E-state index is 14.7. The summed E-state index contributed by atoms with van der Waals surface area (Å²) in [6, 6.07) is -0.277. The normalized spacial score (nSPS) is 24.8. The topological polar surface area (TPSA) is 103 Å². The Morgan fingerprint density at radius 1 is 1.18 bits per heavy atom. The van der Waals surface area contributed by atoms with E-state index in [9.17, 15) is 35.2 Å². The molecule has 15 heteroatoms. The highest BCUT2D eigenvalue weighted by molar-refractivity contribution is 7.89. The minimum atomic E-state index is -4.91. The second kappa shape index (κ2) is 9.75. The highest BCUT2D eigenvalue weighted by atomic mass is 32.2. The van der Waals surface area contributed by atoms with Gasteiger partial charge in [-0.2, -0.15) is 22.4 Å². The van der Waals surface area contributed by atoms with E-state index in [4.69, 9.17) is 9.47 Å². The lowest BCUT2D eigenvalue weighted by Crippen LogP contribution is -2.59. The molecule has 4 rings (SSSR count). The number of amides is 1. The van der Waals surface area contributed by atoms with Crippen LogP contribution in [-0.4, -0.2) is 64.8 Å². The Labute approximate surface area is 215 Å². The molecule has 210 valence electrons. The molecule has 0 spiro atoms. The van der Waals surface area contributed by atoms with Crippen LogP contribution in [0.1, 0.15) is 50.1 Å². The monoisotopic (exact) mass is 566 g/mol. The lowest BCUT2D eigenvalue weighted by Gasteiger charge is -2.45. The maximum Gasteiger partial charge on any atom is 0.416 e. The van der Waals surface area contributed by atoms with E-state index >= 15 is 0 Å². The van der Waals surface area contributed by atoms with Crippen LogP contribution in [0.4, 0.5) is 26.7 Å². The highest BCUT2D eigenvalue weighted by Gasteiger charge is 2.55. The molecule has 38 heavy (non-hydrogen) atoms. The van der Waals surface area contributed by atoms with Gasteiger partial charge in [-0.1, -0.05) is 0 Å². The molecule has 0 saturated carbocycles. The van der Waals surface area contributed by atoms with Crippen molar-refractivity contribution in [3.05, 3.63) is 52.9 Å². The number of benzene rings is 1. The fraction of sp³-hybridized carbons (Fsp3) is 0.565. The van der Waals surface area contributed by atoms with Crippen LogP contribution in [0, 0.1) is 11.6 Å². The molecule has 4 atom stereocenters. The molecule has 0 bridgehead atoms. The molecule has 9 nitrogen and oxygen atoms in total. The number of aromatic nitrogens is 2. The number of ether oxygens (including phenoxy) is 2. The van der Waals surface area contributed by atoms with Gasteiger partial charge >= 0.3 is 12.3 Å². The van der Waals surface area contributed by atoms with E-state index in [1.807, 2.05) is 0 Å². The summed E-state index contributed by atoms with van der Waals surface area (Å²) in [4.78, 5) is 14.0. The Balaban J connectivity index is 1.68. The molecule has 2 aliphatic heterocycles. The number of carbonyl (C=O) groups is 1. The van der Waals surface area contributed by atoms with Gasteiger partial charge in [-0.05, 0) is 45.4 Å². The Morgan fingerprint density at radius 2 is 1.87 bits per heavy atom. The van der Waals surface area contributed by atoms with Crippen molar-refractivity contribution >= 4 is 16.1 Å². The van der Waals surface area contributed by atoms with Crippen molar-refractivity contribution in [2.75, 3.05) is 6.26 Å². The van der Waals surface area contributed by atoms with Crippen molar-refractivity contribution in [3.63, 3.8) is 0 Å². The maximum absolute atomic E-state index is 14.7. The van der Waals surface area contributed by atoms with Crippen molar-refractivity contribution < 1.29 is 44.6 Å². The minimum Gasteiger partial charge on any atom is -0.444 e. The largest absolute Gasteiger partial charge is 0.444 e. The third-order valence-corrected chi connectivity index (χ3v) is 7.05. The summed E-state index contributed by atoms with van der Waals surface area (Å²) >= 11 is 0. The molecule has 1 aromatic heterocycles. The number of alkyl halides is 3. The van der Waals surface area contributed by atoms with Gasteiger partial charge < -0.3 is 14.8 Å². The number of fused-ring (bicyclic) bond motifs is 1. The molecular formula is C23H27F5N4O5S. The zero-order valence-corrected chi connectivity index (χ0v) is 21.7. The van der Waals surface area contributed by atoms with Crippen LogP contribution in [0.5, 0.6) is 0 Å². The van der Waals surface area contributed by atoms with Crippen LogP contribution in [0.15, 0.2) is 24.4 Å². The standard InChI is InChI=1S/C23H27F5N4O5S/c1-22(2,3)37-21(33)29-16-8-18(31-9-12-10-32(38(4,34)35)30-17(12)11-31)20(23(26,27)28)36-19(16)14-7-13(24)5-6-15(14)25/h5-7,10,16,18-20H,8-9,11H2,1-4H3,(H,29,33)/t16-,18-,19-,20+/m1/s1. The quantitative estimate of drug-likeness (QED) is 0.564. The molecule has 0 radical (unpaired) electrons. The Kier molecular flexibility index (Phi) is 7.25. The summed E-state index contributed by atoms with van der Waals surface area (Å²) in [5, 5.41) is 6.44. The number of carbonyl (C=O) groups excluding carboxylic acids is 1. The molecule has 3 heterocycles. The molecule has 0 aliphatic carbocycles. The minimum absolute atomic E-state index is 0.0659. The summed E-state index contributed by atoms with van der Waals surface area (Å²) in [5.74, 6) is -1.89. The lowest BCUT2D eigenvalue weighted by molar-refractivity contribution is -0.270. The molecule has 1 amide bonds. The van der Waals surface area contributed by atoms with Crippen molar-refractivity contribution in [2.45, 2.75) is 76.4 Å². The number of hydrogen-bond acceptors (Lipinski definition) is 7. The van der Waals surface area contributed by atoms with Gasteiger partial charge in [-0.15, -0.1) is 0 Å². The van der Waals surface area contributed by atoms with E-state index < -0.39 is 69.4 Å². The first-order valence-electron chi connectivity index (χ1n) is 11.6. The number of rotatable bonds is 4. The average Bonchev–Trinajstić information content (AvgIpc) is 3.32. The van der Waals surface area contributed by atoms with Crippen LogP contribution in [0.25, 0.3) is 0 Å². The molecule has 1 saturated heterocycles. The van der Waals surface area contributed by atoms with Crippen molar-refractivity contribution in [1.29, 1.82) is 0 Å². The van der Waals surface area contributed by atoms with Crippen LogP contribution >= 0.6 is 0 Å². The number of alkyl carbamates (subject to hydrolysis) is 1. The first kappa shape index (κ1) is 28.2. The Bertz CT molecular complexity index is 1300. The zero-order chi connectivity index (χ0) is 28.2. The SMILES string of the molecule is CC(C)(C)OC(=O)N[C@@H]1C[C@@H](N2Cc3cn(S(C)(=O)=O)nc3C2)[C@@H](C(F)(F)F)O[C@@H]1c1cc(F)ccc1F. The average molecular weight is 567 g/mol. The van der Waals surface area contributed by atoms with E-state index in [1.54, 1.807) is 20.8 Å². The van der Waals surface area contributed by atoms with Gasteiger partial charge in [0.05, 0.1) is 18.0 Å². The van der Waals surface area contributed by atoms with Crippen LogP contribution in [-0.2, 0) is 32.6 Å². The predicted molar refractivity (Wildman–Crippen MR) is 123 cm³/mol. The molecule has 1 aromatic carbocycles. The van der Waals surface area contributed by atoms with E-state index in [0.717, 1.165) is 28.5 Å². The second-order valence-electron chi connectivity index (χ2n) is 10.4. The molecular weight excluding hydrogens is 539 g/mol. The molecule has 1 N–H and O–H groups in total. The molecule has 1 fully saturated rings. The molecule has 2 aromatic rings. The van der Waals surface area contributed by atoms with Gasteiger partial charge in [0, 0.05) is 36.5 Å². The van der Waals surface area contributed by atoms with Crippen LogP contribution in [0.3, 0.4) is 0 Å². The smallest absolute Gasteiger partial charge is 0.416 e. The number of nitrogens with one attached hydrogen (secondary N) is 1. The van der Waals surface area contributed by atoms with Gasteiger partial charge in [0.2, 0.25) is 0 Å². The zero-order valence-electron chi connectivity index (χ0n) is 20.9. The third-order valence-electron chi connectivity index (χ3n) is 6.18. The first-order chi connectivity index (χ1) is 17.4. The molecule has 0 unspecified atom stereocenters. The summed E-state index contributed by atoms with van der Waals surface area (Å²) < 4.78 is 106. The van der Waals surface area contributed by atoms with Crippen LogP contribution < -0.4 is 5.32 Å². The summed E-state index contributed by atoms with van der Waals surface area (Å²) in [5.41, 5.74) is -0.708. The highest BCUT2D eigenvalue weighted by Crippen LogP contribution is 2.43. The van der Waals surface area contributed by atoms with Crippen molar-refractivity contribution in [1.82, 2.24) is 19.4 Å². The number of halogens is 5. The van der Waals surface area contributed by atoms with E-state index in [2.05, 4.69) is 10.4 Å². The number of nitrogens with zero attached hydrogens (tertiary/aromatic N) is 3. The summed E-state index contributed by atoms with van der Waals surface area (Å²) in [6.07, 6.45) is -8.17. The van der Waals surface area contributed by atoms with Gasteiger partial charge in [-0.3, -0.25) is 4.90 Å². The lowest BCUT2D eigenvalue weighted by atomic mass is 9.88.